The third kappa shape index (κ3) is 6.32. The Balaban J connectivity index is 1.55. The van der Waals surface area contributed by atoms with Gasteiger partial charge in [-0.25, -0.2) is 9.97 Å². The van der Waals surface area contributed by atoms with Crippen molar-refractivity contribution in [1.82, 2.24) is 14.9 Å². The molecule has 1 fully saturated rings. The van der Waals surface area contributed by atoms with Crippen molar-refractivity contribution in [1.29, 1.82) is 0 Å². The van der Waals surface area contributed by atoms with Crippen molar-refractivity contribution in [3.05, 3.63) is 52.5 Å². The monoisotopic (exact) mass is 546 g/mol. The summed E-state index contributed by atoms with van der Waals surface area (Å²) in [6.45, 7) is 4.04. The average Bonchev–Trinajstić information content (AvgIpc) is 2.83. The van der Waals surface area contributed by atoms with E-state index in [2.05, 4.69) is 15.6 Å². The number of hydrogen-bond donors (Lipinski definition) is 5. The molecule has 3 heterocycles. The van der Waals surface area contributed by atoms with Gasteiger partial charge in [-0.3, -0.25) is 20.1 Å². The highest BCUT2D eigenvalue weighted by Crippen LogP contribution is 2.37. The van der Waals surface area contributed by atoms with E-state index < -0.39 is 0 Å². The first-order valence-electron chi connectivity index (χ1n) is 11.5. The zero-order chi connectivity index (χ0) is 26.7. The fourth-order valence-electron chi connectivity index (χ4n) is 3.97. The normalized spacial score (nSPS) is 15.0. The van der Waals surface area contributed by atoms with Crippen LogP contribution in [0.5, 0.6) is 0 Å². The number of anilines is 5. The molecular formula is C24H28Cl2N8O3. The summed E-state index contributed by atoms with van der Waals surface area (Å²) < 4.78 is 0. The second kappa shape index (κ2) is 11.4. The summed E-state index contributed by atoms with van der Waals surface area (Å²) in [7, 11) is 1.92. The second-order valence-electron chi connectivity index (χ2n) is 8.79. The van der Waals surface area contributed by atoms with Gasteiger partial charge in [0.2, 0.25) is 5.91 Å². The van der Waals surface area contributed by atoms with Crippen LogP contribution in [-0.2, 0) is 4.79 Å². The zero-order valence-corrected chi connectivity index (χ0v) is 21.8. The first kappa shape index (κ1) is 26.7. The lowest BCUT2D eigenvalue weighted by molar-refractivity contribution is -0.120. The molecule has 196 valence electrons. The van der Waals surface area contributed by atoms with E-state index >= 15 is 0 Å². The third-order valence-electron chi connectivity index (χ3n) is 5.86. The van der Waals surface area contributed by atoms with Crippen LogP contribution in [-0.4, -0.2) is 70.5 Å². The Morgan fingerprint density at radius 2 is 1.86 bits per heavy atom. The van der Waals surface area contributed by atoms with Crippen LogP contribution in [0.2, 0.25) is 10.0 Å². The van der Waals surface area contributed by atoms with Gasteiger partial charge in [-0.05, 0) is 56.4 Å². The van der Waals surface area contributed by atoms with Gasteiger partial charge in [-0.1, -0.05) is 23.2 Å². The van der Waals surface area contributed by atoms with Crippen molar-refractivity contribution >= 4 is 57.9 Å². The molecule has 2 aromatic heterocycles. The maximum absolute atomic E-state index is 12.8. The van der Waals surface area contributed by atoms with Crippen LogP contribution in [0, 0.1) is 0 Å². The van der Waals surface area contributed by atoms with Crippen molar-refractivity contribution in [3.63, 3.8) is 0 Å². The van der Waals surface area contributed by atoms with Crippen molar-refractivity contribution < 1.29 is 15.2 Å². The molecule has 0 bridgehead atoms. The van der Waals surface area contributed by atoms with Crippen LogP contribution in [0.1, 0.15) is 6.92 Å². The van der Waals surface area contributed by atoms with E-state index in [1.54, 1.807) is 29.2 Å². The number of likely N-dealkylation sites (N-methyl/N-ethyl adjacent to an activating group) is 1. The fraction of sp³-hybridized carbons (Fsp3) is 0.292. The summed E-state index contributed by atoms with van der Waals surface area (Å²) in [5, 5.41) is 25.6. The highest BCUT2D eigenvalue weighted by molar-refractivity contribution is 6.36. The smallest absolute Gasteiger partial charge is 0.241 e. The third-order valence-corrected chi connectivity index (χ3v) is 6.41. The number of pyridine rings is 2. The number of nitrogens with one attached hydrogen (secondary N) is 2. The minimum atomic E-state index is -0.0907. The van der Waals surface area contributed by atoms with Crippen LogP contribution in [0.4, 0.5) is 28.8 Å². The van der Waals surface area contributed by atoms with Crippen molar-refractivity contribution in [2.45, 2.75) is 13.0 Å². The van der Waals surface area contributed by atoms with Gasteiger partial charge >= 0.3 is 0 Å². The number of hydrogen-bond acceptors (Lipinski definition) is 10. The van der Waals surface area contributed by atoms with E-state index in [0.29, 0.717) is 58.3 Å². The van der Waals surface area contributed by atoms with E-state index in [0.717, 1.165) is 6.54 Å². The molecule has 1 aromatic carbocycles. The van der Waals surface area contributed by atoms with Crippen molar-refractivity contribution in [2.75, 3.05) is 59.7 Å². The molecular weight excluding hydrogens is 519 g/mol. The molecule has 0 spiro atoms. The minimum Gasteiger partial charge on any atom is -0.382 e. The molecule has 13 heteroatoms. The standard InChI is InChI=1S/C24H28Cl2N8O3/c1-14(12-28-20-7-6-19(34(36)37)24(27)31-20)29-21-8-5-18(33-10-9-32(2)13-22(33)35)23(30-21)16-4-3-15(25)11-17(16)26/h3-8,11,14,36-37H,9-10,12-13H2,1-2H3,(H,29,30)(H3,27,28,31). The molecule has 37 heavy (non-hydrogen) atoms. The molecule has 11 nitrogen and oxygen atoms in total. The number of nitrogen functional groups attached to an aromatic ring is 1. The number of benzene rings is 1. The molecule has 1 atom stereocenters. The Labute approximate surface area is 224 Å². The second-order valence-corrected chi connectivity index (χ2v) is 9.63. The van der Waals surface area contributed by atoms with Crippen LogP contribution >= 0.6 is 23.2 Å². The zero-order valence-electron chi connectivity index (χ0n) is 20.3. The number of amides is 1. The quantitative estimate of drug-likeness (QED) is 0.264. The van der Waals surface area contributed by atoms with E-state index in [-0.39, 0.29) is 28.7 Å². The highest BCUT2D eigenvalue weighted by atomic mass is 35.5. The molecule has 0 saturated carbocycles. The van der Waals surface area contributed by atoms with Gasteiger partial charge in [-0.15, -0.1) is 5.23 Å². The summed E-state index contributed by atoms with van der Waals surface area (Å²) in [4.78, 5) is 25.5. The number of carbonyl (C=O) groups excluding carboxylic acids is 1. The van der Waals surface area contributed by atoms with Gasteiger partial charge in [0.1, 0.15) is 17.3 Å². The van der Waals surface area contributed by atoms with Gasteiger partial charge < -0.3 is 21.3 Å². The average molecular weight is 547 g/mol. The topological polar surface area (TPSA) is 143 Å². The molecule has 0 aliphatic carbocycles. The van der Waals surface area contributed by atoms with Crippen LogP contribution in [0.25, 0.3) is 11.3 Å². The Morgan fingerprint density at radius 3 is 2.54 bits per heavy atom. The van der Waals surface area contributed by atoms with Crippen LogP contribution in [0.15, 0.2) is 42.5 Å². The summed E-state index contributed by atoms with van der Waals surface area (Å²) in [5.41, 5.74) is 7.66. The van der Waals surface area contributed by atoms with E-state index in [4.69, 9.17) is 44.3 Å². The molecule has 1 amide bonds. The fourth-order valence-corrected chi connectivity index (χ4v) is 4.47. The number of piperazine rings is 1. The molecule has 4 rings (SSSR count). The first-order valence-corrected chi connectivity index (χ1v) is 12.3. The number of nitrogens with zero attached hydrogens (tertiary/aromatic N) is 5. The minimum absolute atomic E-state index is 0.0107. The van der Waals surface area contributed by atoms with E-state index in [1.807, 2.05) is 31.0 Å². The van der Waals surface area contributed by atoms with Crippen molar-refractivity contribution in [2.24, 2.45) is 0 Å². The summed E-state index contributed by atoms with van der Waals surface area (Å²) in [6.07, 6.45) is 0. The number of carbonyl (C=O) groups is 1. The predicted octanol–water partition coefficient (Wildman–Crippen LogP) is 3.81. The lowest BCUT2D eigenvalue weighted by atomic mass is 10.1. The number of aromatic nitrogens is 2. The Bertz CT molecular complexity index is 1290. The van der Waals surface area contributed by atoms with Gasteiger partial charge in [0.25, 0.3) is 0 Å². The largest absolute Gasteiger partial charge is 0.382 e. The molecule has 6 N–H and O–H groups in total. The molecule has 1 unspecified atom stereocenters. The molecule has 1 aliphatic rings. The predicted molar refractivity (Wildman–Crippen MR) is 146 cm³/mol. The first-order chi connectivity index (χ1) is 17.6. The summed E-state index contributed by atoms with van der Waals surface area (Å²) >= 11 is 12.7. The maximum atomic E-state index is 12.8. The highest BCUT2D eigenvalue weighted by Gasteiger charge is 2.26. The Morgan fingerprint density at radius 1 is 1.11 bits per heavy atom. The number of rotatable bonds is 8. The Hall–Kier alpha value is -3.35. The SMILES string of the molecule is CC(CNc1ccc(N(O)O)c(N)n1)Nc1ccc(N2CCN(C)CC2=O)c(-c2ccc(Cl)cc2Cl)n1. The summed E-state index contributed by atoms with van der Waals surface area (Å²) in [6, 6.07) is 11.8. The molecule has 1 saturated heterocycles. The van der Waals surface area contributed by atoms with Gasteiger partial charge in [0.15, 0.2) is 5.82 Å². The maximum Gasteiger partial charge on any atom is 0.241 e. The van der Waals surface area contributed by atoms with Gasteiger partial charge in [0.05, 0.1) is 22.9 Å². The van der Waals surface area contributed by atoms with E-state index in [9.17, 15) is 4.79 Å². The van der Waals surface area contributed by atoms with Crippen LogP contribution < -0.4 is 26.5 Å². The molecule has 0 radical (unpaired) electrons. The Kier molecular flexibility index (Phi) is 8.20. The number of halogens is 2. The molecule has 1 aliphatic heterocycles. The van der Waals surface area contributed by atoms with Gasteiger partial charge in [-0.2, -0.15) is 0 Å². The number of nitrogens with two attached hydrogens (primary N) is 1. The molecule has 3 aromatic rings. The van der Waals surface area contributed by atoms with Gasteiger partial charge in [0, 0.05) is 36.3 Å². The lowest BCUT2D eigenvalue weighted by Gasteiger charge is -2.33. The lowest BCUT2D eigenvalue weighted by Crippen LogP contribution is -2.49. The summed E-state index contributed by atoms with van der Waals surface area (Å²) in [5.74, 6) is 1.03. The van der Waals surface area contributed by atoms with Crippen molar-refractivity contribution in [3.8, 4) is 11.3 Å². The van der Waals surface area contributed by atoms with E-state index in [1.165, 1.54) is 6.07 Å². The van der Waals surface area contributed by atoms with Crippen LogP contribution in [0.3, 0.4) is 0 Å².